The van der Waals surface area contributed by atoms with E-state index in [0.717, 1.165) is 28.8 Å². The topological polar surface area (TPSA) is 62.1 Å². The summed E-state index contributed by atoms with van der Waals surface area (Å²) in [7, 11) is 0. The fraction of sp³-hybridized carbons (Fsp3) is 0.333. The van der Waals surface area contributed by atoms with Crippen LogP contribution in [0.25, 0.3) is 0 Å². The van der Waals surface area contributed by atoms with Crippen LogP contribution in [0.3, 0.4) is 0 Å². The van der Waals surface area contributed by atoms with Crippen molar-refractivity contribution >= 4 is 11.8 Å². The third-order valence-corrected chi connectivity index (χ3v) is 5.47. The van der Waals surface area contributed by atoms with Gasteiger partial charge in [-0.3, -0.25) is 4.79 Å². The molecule has 4 rings (SSSR count). The van der Waals surface area contributed by atoms with Crippen LogP contribution in [0.4, 0.5) is 13.2 Å². The maximum atomic E-state index is 14.4. The number of aryl methyl sites for hydroxylation is 1. The molecule has 1 N–H and O–H groups in total. The summed E-state index contributed by atoms with van der Waals surface area (Å²) in [5, 5.41) is 14.8. The molecule has 2 atom stereocenters. The van der Waals surface area contributed by atoms with Crippen LogP contribution in [0.15, 0.2) is 41.5 Å². The van der Waals surface area contributed by atoms with Crippen molar-refractivity contribution in [2.24, 2.45) is 11.0 Å². The van der Waals surface area contributed by atoms with Crippen LogP contribution in [0.1, 0.15) is 36.5 Å². The van der Waals surface area contributed by atoms with E-state index in [0.29, 0.717) is 18.4 Å². The van der Waals surface area contributed by atoms with Gasteiger partial charge in [0.2, 0.25) is 17.5 Å². The lowest BCUT2D eigenvalue weighted by molar-refractivity contribution is -0.164. The van der Waals surface area contributed by atoms with Crippen molar-refractivity contribution in [3.63, 3.8) is 0 Å². The predicted molar refractivity (Wildman–Crippen MR) is 98.1 cm³/mol. The Morgan fingerprint density at radius 3 is 2.69 bits per heavy atom. The molecule has 0 saturated carbocycles. The van der Waals surface area contributed by atoms with Gasteiger partial charge in [0.05, 0.1) is 5.56 Å². The van der Waals surface area contributed by atoms with Gasteiger partial charge in [-0.15, -0.1) is 5.10 Å². The van der Waals surface area contributed by atoms with Crippen molar-refractivity contribution in [1.82, 2.24) is 5.01 Å². The van der Waals surface area contributed by atoms with Crippen LogP contribution < -0.4 is 0 Å². The third-order valence-electron chi connectivity index (χ3n) is 5.47. The predicted octanol–water partition coefficient (Wildman–Crippen LogP) is 3.44. The minimum Gasteiger partial charge on any atom is -0.443 e. The molecule has 0 saturated heterocycles. The van der Waals surface area contributed by atoms with Crippen molar-refractivity contribution in [3.8, 4) is 0 Å². The Hall–Kier alpha value is -2.87. The van der Waals surface area contributed by atoms with E-state index in [4.69, 9.17) is 4.74 Å². The van der Waals surface area contributed by atoms with Crippen molar-refractivity contribution < 1.29 is 27.8 Å². The largest absolute Gasteiger partial charge is 0.443 e. The van der Waals surface area contributed by atoms with Gasteiger partial charge in [0.1, 0.15) is 17.5 Å². The summed E-state index contributed by atoms with van der Waals surface area (Å²) < 4.78 is 48.4. The van der Waals surface area contributed by atoms with Gasteiger partial charge in [-0.05, 0) is 55.2 Å². The van der Waals surface area contributed by atoms with Gasteiger partial charge in [-0.1, -0.05) is 6.07 Å². The lowest BCUT2D eigenvalue weighted by Crippen LogP contribution is -2.52. The zero-order valence-corrected chi connectivity index (χ0v) is 15.7. The fourth-order valence-corrected chi connectivity index (χ4v) is 4.22. The summed E-state index contributed by atoms with van der Waals surface area (Å²) in [5.74, 6) is -3.17. The quantitative estimate of drug-likeness (QED) is 0.853. The molecule has 2 aliphatic rings. The molecule has 2 aromatic carbocycles. The number of amides is 1. The number of hydrogen-bond acceptors (Lipinski definition) is 4. The number of halogens is 3. The standard InChI is InChI=1S/C21H19F3N2O3/c1-12(28)26-21(29-20(25-26)17-10-15(22)6-7-19(17)24)14(8-9-27)4-2-13-3-5-16(23)11-18(13)21/h3,5-7,10-11,14,27H,2,4,8-9H2,1H3. The van der Waals surface area contributed by atoms with Crippen LogP contribution >= 0.6 is 0 Å². The molecule has 1 aliphatic heterocycles. The van der Waals surface area contributed by atoms with Gasteiger partial charge in [0.25, 0.3) is 0 Å². The first kappa shape index (κ1) is 19.4. The number of nitrogens with zero attached hydrogens (tertiary/aromatic N) is 2. The normalized spacial score (nSPS) is 23.0. The van der Waals surface area contributed by atoms with Crippen molar-refractivity contribution in [2.75, 3.05) is 6.61 Å². The minimum absolute atomic E-state index is 0.185. The second-order valence-corrected chi connectivity index (χ2v) is 7.21. The number of benzene rings is 2. The molecule has 2 unspecified atom stereocenters. The second-order valence-electron chi connectivity index (χ2n) is 7.21. The summed E-state index contributed by atoms with van der Waals surface area (Å²) in [6, 6.07) is 7.05. The Bertz CT molecular complexity index is 1010. The van der Waals surface area contributed by atoms with Crippen LogP contribution in [0.2, 0.25) is 0 Å². The monoisotopic (exact) mass is 404 g/mol. The maximum absolute atomic E-state index is 14.4. The number of hydrazone groups is 1. The number of carbonyl (C=O) groups excluding carboxylic acids is 1. The summed E-state index contributed by atoms with van der Waals surface area (Å²) in [4.78, 5) is 12.5. The Kier molecular flexibility index (Phi) is 4.82. The number of ether oxygens (including phenoxy) is 1. The summed E-state index contributed by atoms with van der Waals surface area (Å²) >= 11 is 0. The fourth-order valence-electron chi connectivity index (χ4n) is 4.22. The molecule has 1 heterocycles. The van der Waals surface area contributed by atoms with Gasteiger partial charge in [0, 0.05) is 25.0 Å². The Morgan fingerprint density at radius 1 is 1.24 bits per heavy atom. The Balaban J connectivity index is 1.91. The average Bonchev–Trinajstić information content (AvgIpc) is 3.08. The molecule has 0 radical (unpaired) electrons. The summed E-state index contributed by atoms with van der Waals surface area (Å²) in [6.07, 6.45) is 1.40. The molecule has 0 fully saturated rings. The number of carbonyl (C=O) groups is 1. The first-order chi connectivity index (χ1) is 13.9. The highest BCUT2D eigenvalue weighted by atomic mass is 19.1. The van der Waals surface area contributed by atoms with E-state index in [9.17, 15) is 23.1 Å². The number of fused-ring (bicyclic) bond motifs is 2. The molecular weight excluding hydrogens is 385 g/mol. The van der Waals surface area contributed by atoms with Crippen LogP contribution in [0.5, 0.6) is 0 Å². The number of rotatable bonds is 3. The summed E-state index contributed by atoms with van der Waals surface area (Å²) in [5.41, 5.74) is -0.617. The zero-order valence-electron chi connectivity index (χ0n) is 15.7. The van der Waals surface area contributed by atoms with E-state index in [1.165, 1.54) is 19.1 Å². The molecule has 2 aromatic rings. The molecule has 5 nitrogen and oxygen atoms in total. The zero-order chi connectivity index (χ0) is 20.8. The molecule has 8 heteroatoms. The van der Waals surface area contributed by atoms with Crippen molar-refractivity contribution in [1.29, 1.82) is 0 Å². The smallest absolute Gasteiger partial charge is 0.244 e. The first-order valence-electron chi connectivity index (χ1n) is 9.30. The SMILES string of the molecule is CC(=O)N1N=C(c2cc(F)ccc2F)OC12c1cc(F)ccc1CCC2CCO. The minimum atomic E-state index is -1.54. The van der Waals surface area contributed by atoms with E-state index in [1.54, 1.807) is 6.07 Å². The van der Waals surface area contributed by atoms with E-state index >= 15 is 0 Å². The number of hydrogen-bond donors (Lipinski definition) is 1. The second kappa shape index (κ2) is 7.18. The lowest BCUT2D eigenvalue weighted by atomic mass is 9.74. The van der Waals surface area contributed by atoms with E-state index in [1.807, 2.05) is 0 Å². The van der Waals surface area contributed by atoms with Gasteiger partial charge in [0.15, 0.2) is 0 Å². The maximum Gasteiger partial charge on any atom is 0.244 e. The molecule has 0 bridgehead atoms. The van der Waals surface area contributed by atoms with Gasteiger partial charge < -0.3 is 9.84 Å². The van der Waals surface area contributed by atoms with Crippen LogP contribution in [-0.2, 0) is 21.7 Å². The third kappa shape index (κ3) is 3.07. The van der Waals surface area contributed by atoms with Gasteiger partial charge in [-0.2, -0.15) is 5.01 Å². The molecule has 29 heavy (non-hydrogen) atoms. The molecule has 0 aromatic heterocycles. The molecule has 152 valence electrons. The van der Waals surface area contributed by atoms with Gasteiger partial charge in [-0.25, -0.2) is 13.2 Å². The highest BCUT2D eigenvalue weighted by Gasteiger charge is 2.57. The summed E-state index contributed by atoms with van der Waals surface area (Å²) in [6.45, 7) is 1.08. The van der Waals surface area contributed by atoms with Gasteiger partial charge >= 0.3 is 0 Å². The first-order valence-corrected chi connectivity index (χ1v) is 9.30. The Labute approximate surface area is 165 Å². The molecular formula is C21H19F3N2O3. The van der Waals surface area contributed by atoms with Crippen molar-refractivity contribution in [2.45, 2.75) is 31.9 Å². The van der Waals surface area contributed by atoms with E-state index < -0.39 is 35.0 Å². The molecule has 1 amide bonds. The average molecular weight is 404 g/mol. The van der Waals surface area contributed by atoms with Crippen LogP contribution in [0, 0.1) is 23.4 Å². The van der Waals surface area contributed by atoms with E-state index in [2.05, 4.69) is 5.10 Å². The van der Waals surface area contributed by atoms with Crippen molar-refractivity contribution in [3.05, 3.63) is 70.5 Å². The highest BCUT2D eigenvalue weighted by molar-refractivity contribution is 5.97. The Morgan fingerprint density at radius 2 is 1.97 bits per heavy atom. The number of aliphatic hydroxyl groups excluding tert-OH is 1. The van der Waals surface area contributed by atoms with E-state index in [-0.39, 0.29) is 24.5 Å². The lowest BCUT2D eigenvalue weighted by Gasteiger charge is -2.44. The molecule has 1 aliphatic carbocycles. The number of aliphatic hydroxyl groups is 1. The highest BCUT2D eigenvalue weighted by Crippen LogP contribution is 2.50. The molecule has 1 spiro atoms. The van der Waals surface area contributed by atoms with Crippen LogP contribution in [-0.4, -0.2) is 28.5 Å².